The van der Waals surface area contributed by atoms with E-state index in [0.29, 0.717) is 11.3 Å². The Labute approximate surface area is 158 Å². The van der Waals surface area contributed by atoms with Gasteiger partial charge in [0.05, 0.1) is 19.3 Å². The van der Waals surface area contributed by atoms with Crippen molar-refractivity contribution in [1.29, 1.82) is 0 Å². The second-order valence-corrected chi connectivity index (χ2v) is 6.65. The van der Waals surface area contributed by atoms with Gasteiger partial charge in [0.25, 0.3) is 5.91 Å². The number of methoxy groups -OCH3 is 1. The highest BCUT2D eigenvalue weighted by Crippen LogP contribution is 2.24. The maximum absolute atomic E-state index is 13.0. The number of nitrogens with one attached hydrogen (secondary N) is 1. The molecule has 140 valence electrons. The molecule has 2 aromatic rings. The highest BCUT2D eigenvalue weighted by molar-refractivity contribution is 7.12. The van der Waals surface area contributed by atoms with Crippen LogP contribution in [0.15, 0.2) is 40.8 Å². The first kappa shape index (κ1) is 18.7. The molecular weight excluding hydrogens is 373 g/mol. The molecule has 0 radical (unpaired) electrons. The van der Waals surface area contributed by atoms with E-state index < -0.39 is 11.9 Å². The third-order valence-electron chi connectivity index (χ3n) is 3.90. The molecule has 1 aliphatic heterocycles. The minimum Gasteiger partial charge on any atom is -0.465 e. The first-order valence-corrected chi connectivity index (χ1v) is 8.95. The van der Waals surface area contributed by atoms with Gasteiger partial charge in [-0.3, -0.25) is 9.59 Å². The second-order valence-electron chi connectivity index (χ2n) is 5.73. The number of ether oxygens (including phenoxy) is 1. The van der Waals surface area contributed by atoms with Gasteiger partial charge in [0.2, 0.25) is 5.91 Å². The van der Waals surface area contributed by atoms with Crippen molar-refractivity contribution in [2.24, 2.45) is 5.10 Å². The fraction of sp³-hybridized carbons (Fsp3) is 0.222. The Morgan fingerprint density at radius 2 is 2.00 bits per heavy atom. The van der Waals surface area contributed by atoms with Gasteiger partial charge in [0, 0.05) is 12.8 Å². The van der Waals surface area contributed by atoms with Crippen LogP contribution in [-0.2, 0) is 20.9 Å². The molecule has 0 atom stereocenters. The SMILES string of the molecule is COC(=O)c1sccc1NC(=O)C1=NN(Cc2ccc(F)cc2)C(=O)CC1. The molecule has 3 rings (SSSR count). The lowest BCUT2D eigenvalue weighted by Crippen LogP contribution is -2.36. The summed E-state index contributed by atoms with van der Waals surface area (Å²) >= 11 is 1.15. The summed E-state index contributed by atoms with van der Waals surface area (Å²) < 4.78 is 17.7. The number of amides is 2. The smallest absolute Gasteiger partial charge is 0.350 e. The molecule has 0 fully saturated rings. The Morgan fingerprint density at radius 1 is 1.26 bits per heavy atom. The maximum atomic E-state index is 13.0. The average molecular weight is 389 g/mol. The van der Waals surface area contributed by atoms with Crippen LogP contribution in [0.3, 0.4) is 0 Å². The van der Waals surface area contributed by atoms with Crippen LogP contribution in [0.5, 0.6) is 0 Å². The predicted molar refractivity (Wildman–Crippen MR) is 97.9 cm³/mol. The number of hydrogen-bond acceptors (Lipinski definition) is 6. The van der Waals surface area contributed by atoms with Crippen LogP contribution < -0.4 is 5.32 Å². The largest absolute Gasteiger partial charge is 0.465 e. The molecule has 27 heavy (non-hydrogen) atoms. The highest BCUT2D eigenvalue weighted by Gasteiger charge is 2.26. The van der Waals surface area contributed by atoms with E-state index >= 15 is 0 Å². The number of halogens is 1. The maximum Gasteiger partial charge on any atom is 0.350 e. The first-order valence-electron chi connectivity index (χ1n) is 8.07. The van der Waals surface area contributed by atoms with Gasteiger partial charge in [-0.05, 0) is 29.1 Å². The number of carbonyl (C=O) groups excluding carboxylic acids is 3. The first-order chi connectivity index (χ1) is 13.0. The van der Waals surface area contributed by atoms with Gasteiger partial charge >= 0.3 is 5.97 Å². The Morgan fingerprint density at radius 3 is 2.70 bits per heavy atom. The average Bonchev–Trinajstić information content (AvgIpc) is 3.12. The molecule has 0 saturated carbocycles. The van der Waals surface area contributed by atoms with Gasteiger partial charge in [-0.1, -0.05) is 12.1 Å². The summed E-state index contributed by atoms with van der Waals surface area (Å²) in [5.74, 6) is -1.62. The lowest BCUT2D eigenvalue weighted by molar-refractivity contribution is -0.132. The van der Waals surface area contributed by atoms with E-state index in [1.165, 1.54) is 24.3 Å². The van der Waals surface area contributed by atoms with Crippen molar-refractivity contribution >= 4 is 40.5 Å². The number of thiophene rings is 1. The third kappa shape index (κ3) is 4.37. The minimum absolute atomic E-state index is 0.140. The number of hydrogen-bond donors (Lipinski definition) is 1. The Bertz CT molecular complexity index is 908. The van der Waals surface area contributed by atoms with Gasteiger partial charge in [-0.15, -0.1) is 11.3 Å². The number of hydrazone groups is 1. The fourth-order valence-corrected chi connectivity index (χ4v) is 3.27. The van der Waals surface area contributed by atoms with Crippen LogP contribution in [0.4, 0.5) is 10.1 Å². The zero-order valence-electron chi connectivity index (χ0n) is 14.4. The fourth-order valence-electron chi connectivity index (χ4n) is 2.50. The monoisotopic (exact) mass is 389 g/mol. The van der Waals surface area contributed by atoms with Crippen molar-refractivity contribution in [3.05, 3.63) is 52.0 Å². The summed E-state index contributed by atoms with van der Waals surface area (Å²) in [4.78, 5) is 36.6. The molecule has 0 spiro atoms. The number of carbonyl (C=O) groups is 3. The second kappa shape index (κ2) is 8.09. The molecule has 7 nitrogen and oxygen atoms in total. The van der Waals surface area contributed by atoms with E-state index in [1.807, 2.05) is 0 Å². The van der Waals surface area contributed by atoms with Crippen molar-refractivity contribution in [1.82, 2.24) is 5.01 Å². The standard InChI is InChI=1S/C18H16FN3O4S/c1-26-18(25)16-13(8-9-27-16)20-17(24)14-6-7-15(23)22(21-14)10-11-2-4-12(19)5-3-11/h2-5,8-9H,6-7,10H2,1H3,(H,20,24). The summed E-state index contributed by atoms with van der Waals surface area (Å²) in [7, 11) is 1.26. The minimum atomic E-state index is -0.543. The van der Waals surface area contributed by atoms with Crippen LogP contribution in [0.2, 0.25) is 0 Å². The van der Waals surface area contributed by atoms with E-state index in [1.54, 1.807) is 23.6 Å². The summed E-state index contributed by atoms with van der Waals surface area (Å²) in [6.45, 7) is 0.141. The molecule has 1 N–H and O–H groups in total. The van der Waals surface area contributed by atoms with Crippen LogP contribution >= 0.6 is 11.3 Å². The molecule has 1 aromatic carbocycles. The zero-order valence-corrected chi connectivity index (χ0v) is 15.2. The summed E-state index contributed by atoms with van der Waals surface area (Å²) in [6, 6.07) is 7.30. The molecule has 1 aromatic heterocycles. The van der Waals surface area contributed by atoms with E-state index in [2.05, 4.69) is 15.2 Å². The Hall–Kier alpha value is -3.07. The lowest BCUT2D eigenvalue weighted by atomic mass is 10.1. The van der Waals surface area contributed by atoms with E-state index in [9.17, 15) is 18.8 Å². The van der Waals surface area contributed by atoms with Gasteiger partial charge in [0.1, 0.15) is 16.4 Å². The number of rotatable bonds is 5. The van der Waals surface area contributed by atoms with Crippen LogP contribution in [0, 0.1) is 5.82 Å². The predicted octanol–water partition coefficient (Wildman–Crippen LogP) is 2.79. The topological polar surface area (TPSA) is 88.1 Å². The molecule has 9 heteroatoms. The number of nitrogens with zero attached hydrogens (tertiary/aromatic N) is 2. The molecule has 0 aliphatic carbocycles. The van der Waals surface area contributed by atoms with E-state index in [0.717, 1.165) is 11.3 Å². The quantitative estimate of drug-likeness (QED) is 0.797. The van der Waals surface area contributed by atoms with Crippen molar-refractivity contribution in [2.75, 3.05) is 12.4 Å². The van der Waals surface area contributed by atoms with E-state index in [4.69, 9.17) is 0 Å². The molecule has 2 heterocycles. The molecule has 2 amide bonds. The van der Waals surface area contributed by atoms with Gasteiger partial charge in [0.15, 0.2) is 0 Å². The molecule has 0 unspecified atom stereocenters. The van der Waals surface area contributed by atoms with Crippen molar-refractivity contribution < 1.29 is 23.5 Å². The molecular formula is C18H16FN3O4S. The Kier molecular flexibility index (Phi) is 5.60. The molecule has 1 aliphatic rings. The van der Waals surface area contributed by atoms with Crippen LogP contribution in [0.1, 0.15) is 28.1 Å². The van der Waals surface area contributed by atoms with Crippen LogP contribution in [-0.4, -0.2) is 35.6 Å². The highest BCUT2D eigenvalue weighted by atomic mass is 32.1. The number of anilines is 1. The van der Waals surface area contributed by atoms with Crippen molar-refractivity contribution in [2.45, 2.75) is 19.4 Å². The van der Waals surface area contributed by atoms with Crippen molar-refractivity contribution in [3.8, 4) is 0 Å². The molecule has 0 bridgehead atoms. The Balaban J connectivity index is 1.74. The number of esters is 1. The third-order valence-corrected chi connectivity index (χ3v) is 4.79. The summed E-state index contributed by atoms with van der Waals surface area (Å²) in [5, 5.41) is 9.63. The summed E-state index contributed by atoms with van der Waals surface area (Å²) in [5.41, 5.74) is 1.21. The van der Waals surface area contributed by atoms with Crippen LogP contribution in [0.25, 0.3) is 0 Å². The van der Waals surface area contributed by atoms with E-state index in [-0.39, 0.29) is 41.7 Å². The van der Waals surface area contributed by atoms with Gasteiger partial charge in [-0.25, -0.2) is 14.2 Å². The molecule has 0 saturated heterocycles. The normalized spacial score (nSPS) is 13.9. The zero-order chi connectivity index (χ0) is 19.4. The summed E-state index contributed by atoms with van der Waals surface area (Å²) in [6.07, 6.45) is 0.337. The number of benzene rings is 1. The van der Waals surface area contributed by atoms with Gasteiger partial charge in [-0.2, -0.15) is 5.10 Å². The van der Waals surface area contributed by atoms with Crippen molar-refractivity contribution in [3.63, 3.8) is 0 Å². The van der Waals surface area contributed by atoms with Gasteiger partial charge < -0.3 is 10.1 Å². The lowest BCUT2D eigenvalue weighted by Gasteiger charge is -2.23.